The van der Waals surface area contributed by atoms with E-state index in [4.69, 9.17) is 4.74 Å². The molecule has 0 atom stereocenters. The Hall–Kier alpha value is -1.59. The SMILES string of the molecule is CCCN(CC(=O)Nc1cc(C)ccc1OC)C1CCNCC1. The Morgan fingerprint density at radius 1 is 1.39 bits per heavy atom. The van der Waals surface area contributed by atoms with Crippen LogP contribution in [0.5, 0.6) is 5.75 Å². The average molecular weight is 319 g/mol. The van der Waals surface area contributed by atoms with Gasteiger partial charge in [0.15, 0.2) is 0 Å². The van der Waals surface area contributed by atoms with Crippen LogP contribution >= 0.6 is 0 Å². The van der Waals surface area contributed by atoms with Crippen molar-refractivity contribution in [3.8, 4) is 5.75 Å². The van der Waals surface area contributed by atoms with Gasteiger partial charge in [-0.05, 0) is 63.5 Å². The first-order valence-electron chi connectivity index (χ1n) is 8.53. The van der Waals surface area contributed by atoms with Crippen LogP contribution in [-0.4, -0.2) is 50.1 Å². The fraction of sp³-hybridized carbons (Fsp3) is 0.611. The van der Waals surface area contributed by atoms with Crippen LogP contribution in [0.2, 0.25) is 0 Å². The Balaban J connectivity index is 1.99. The van der Waals surface area contributed by atoms with Gasteiger partial charge in [-0.1, -0.05) is 13.0 Å². The summed E-state index contributed by atoms with van der Waals surface area (Å²) in [6.07, 6.45) is 3.28. The van der Waals surface area contributed by atoms with E-state index in [1.165, 1.54) is 0 Å². The van der Waals surface area contributed by atoms with Crippen molar-refractivity contribution in [1.29, 1.82) is 0 Å². The number of benzene rings is 1. The molecular formula is C18H29N3O2. The Morgan fingerprint density at radius 2 is 2.13 bits per heavy atom. The van der Waals surface area contributed by atoms with Crippen LogP contribution in [0.1, 0.15) is 31.7 Å². The normalized spacial score (nSPS) is 15.7. The third-order valence-electron chi connectivity index (χ3n) is 4.31. The van der Waals surface area contributed by atoms with Crippen LogP contribution in [-0.2, 0) is 4.79 Å². The van der Waals surface area contributed by atoms with Crippen molar-refractivity contribution in [3.63, 3.8) is 0 Å². The summed E-state index contributed by atoms with van der Waals surface area (Å²) in [6, 6.07) is 6.32. The van der Waals surface area contributed by atoms with Crippen molar-refractivity contribution in [2.24, 2.45) is 0 Å². The van der Waals surface area contributed by atoms with E-state index >= 15 is 0 Å². The van der Waals surface area contributed by atoms with Crippen molar-refractivity contribution < 1.29 is 9.53 Å². The highest BCUT2D eigenvalue weighted by atomic mass is 16.5. The zero-order valence-electron chi connectivity index (χ0n) is 14.5. The number of rotatable bonds is 7. The zero-order chi connectivity index (χ0) is 16.7. The molecule has 0 bridgehead atoms. The first-order chi connectivity index (χ1) is 11.1. The summed E-state index contributed by atoms with van der Waals surface area (Å²) in [7, 11) is 1.62. The van der Waals surface area contributed by atoms with Crippen LogP contribution in [0, 0.1) is 6.92 Å². The maximum Gasteiger partial charge on any atom is 0.238 e. The number of ether oxygens (including phenoxy) is 1. The molecule has 23 heavy (non-hydrogen) atoms. The molecule has 1 aromatic carbocycles. The van der Waals surface area contributed by atoms with Crippen molar-refractivity contribution in [3.05, 3.63) is 23.8 Å². The average Bonchev–Trinajstić information content (AvgIpc) is 2.55. The molecule has 1 amide bonds. The summed E-state index contributed by atoms with van der Waals surface area (Å²) < 4.78 is 5.33. The number of carbonyl (C=O) groups excluding carboxylic acids is 1. The van der Waals surface area contributed by atoms with E-state index in [-0.39, 0.29) is 5.91 Å². The summed E-state index contributed by atoms with van der Waals surface area (Å²) in [6.45, 7) is 7.65. The van der Waals surface area contributed by atoms with Crippen LogP contribution in [0.4, 0.5) is 5.69 Å². The Bertz CT molecular complexity index is 513. The number of amides is 1. The molecule has 1 heterocycles. The molecule has 0 spiro atoms. The molecule has 0 saturated carbocycles. The fourth-order valence-corrected chi connectivity index (χ4v) is 3.14. The first kappa shape index (κ1) is 17.8. The van der Waals surface area contributed by atoms with Gasteiger partial charge in [-0.2, -0.15) is 0 Å². The largest absolute Gasteiger partial charge is 0.495 e. The van der Waals surface area contributed by atoms with E-state index in [1.54, 1.807) is 7.11 Å². The van der Waals surface area contributed by atoms with Gasteiger partial charge in [0, 0.05) is 6.04 Å². The van der Waals surface area contributed by atoms with Crippen LogP contribution < -0.4 is 15.4 Å². The number of piperidine rings is 1. The van der Waals surface area contributed by atoms with E-state index in [9.17, 15) is 4.79 Å². The molecule has 2 rings (SSSR count). The fourth-order valence-electron chi connectivity index (χ4n) is 3.14. The van der Waals surface area contributed by atoms with Crippen molar-refractivity contribution in [2.75, 3.05) is 38.6 Å². The van der Waals surface area contributed by atoms with E-state index in [0.717, 1.165) is 50.1 Å². The second-order valence-corrected chi connectivity index (χ2v) is 6.20. The number of nitrogens with zero attached hydrogens (tertiary/aromatic N) is 1. The van der Waals surface area contributed by atoms with Crippen LogP contribution in [0.25, 0.3) is 0 Å². The summed E-state index contributed by atoms with van der Waals surface area (Å²) in [5, 5.41) is 6.39. The lowest BCUT2D eigenvalue weighted by atomic mass is 10.0. The zero-order valence-corrected chi connectivity index (χ0v) is 14.5. The lowest BCUT2D eigenvalue weighted by Crippen LogP contribution is -2.46. The first-order valence-corrected chi connectivity index (χ1v) is 8.53. The summed E-state index contributed by atoms with van der Waals surface area (Å²) in [5.74, 6) is 0.730. The minimum absolute atomic E-state index is 0.0286. The number of hydrogen-bond donors (Lipinski definition) is 2. The smallest absolute Gasteiger partial charge is 0.238 e. The topological polar surface area (TPSA) is 53.6 Å². The van der Waals surface area contributed by atoms with Gasteiger partial charge in [0.25, 0.3) is 0 Å². The Morgan fingerprint density at radius 3 is 2.78 bits per heavy atom. The van der Waals surface area contributed by atoms with Crippen molar-refractivity contribution in [1.82, 2.24) is 10.2 Å². The maximum absolute atomic E-state index is 12.5. The van der Waals surface area contributed by atoms with Crippen LogP contribution in [0.3, 0.4) is 0 Å². The molecule has 0 aliphatic carbocycles. The second kappa shape index (κ2) is 8.89. The van der Waals surface area contributed by atoms with Gasteiger partial charge in [0.1, 0.15) is 5.75 Å². The van der Waals surface area contributed by atoms with E-state index in [1.807, 2.05) is 25.1 Å². The number of methoxy groups -OCH3 is 1. The molecule has 5 heteroatoms. The number of nitrogens with one attached hydrogen (secondary N) is 2. The second-order valence-electron chi connectivity index (χ2n) is 6.20. The Kier molecular flexibility index (Phi) is 6.86. The van der Waals surface area contributed by atoms with Crippen LogP contribution in [0.15, 0.2) is 18.2 Å². The minimum Gasteiger partial charge on any atom is -0.495 e. The van der Waals surface area contributed by atoms with Gasteiger partial charge in [-0.3, -0.25) is 9.69 Å². The molecule has 0 radical (unpaired) electrons. The highest BCUT2D eigenvalue weighted by molar-refractivity contribution is 5.93. The third-order valence-corrected chi connectivity index (χ3v) is 4.31. The van der Waals surface area contributed by atoms with Gasteiger partial charge < -0.3 is 15.4 Å². The highest BCUT2D eigenvalue weighted by Gasteiger charge is 2.22. The van der Waals surface area contributed by atoms with E-state index in [0.29, 0.717) is 18.3 Å². The third kappa shape index (κ3) is 5.22. The quantitative estimate of drug-likeness (QED) is 0.810. The van der Waals surface area contributed by atoms with Crippen molar-refractivity contribution in [2.45, 2.75) is 39.2 Å². The van der Waals surface area contributed by atoms with Gasteiger partial charge in [-0.25, -0.2) is 0 Å². The number of aryl methyl sites for hydroxylation is 1. The summed E-state index contributed by atoms with van der Waals surface area (Å²) >= 11 is 0. The molecule has 1 aliphatic heterocycles. The van der Waals surface area contributed by atoms with Gasteiger partial charge in [-0.15, -0.1) is 0 Å². The predicted molar refractivity (Wildman–Crippen MR) is 94.1 cm³/mol. The van der Waals surface area contributed by atoms with Gasteiger partial charge in [0.2, 0.25) is 5.91 Å². The molecule has 2 N–H and O–H groups in total. The standard InChI is InChI=1S/C18H29N3O2/c1-4-11-21(15-7-9-19-10-8-15)13-18(22)20-16-12-14(2)5-6-17(16)23-3/h5-6,12,15,19H,4,7-11,13H2,1-3H3,(H,20,22). The number of hydrogen-bond acceptors (Lipinski definition) is 4. The number of anilines is 1. The molecule has 0 unspecified atom stereocenters. The maximum atomic E-state index is 12.5. The lowest BCUT2D eigenvalue weighted by molar-refractivity contribution is -0.118. The highest BCUT2D eigenvalue weighted by Crippen LogP contribution is 2.25. The van der Waals surface area contributed by atoms with E-state index in [2.05, 4.69) is 22.5 Å². The molecule has 1 aromatic rings. The minimum atomic E-state index is 0.0286. The molecule has 128 valence electrons. The van der Waals surface area contributed by atoms with E-state index < -0.39 is 0 Å². The van der Waals surface area contributed by atoms with Crippen molar-refractivity contribution >= 4 is 11.6 Å². The monoisotopic (exact) mass is 319 g/mol. The lowest BCUT2D eigenvalue weighted by Gasteiger charge is -2.34. The predicted octanol–water partition coefficient (Wildman–Crippen LogP) is 2.41. The number of carbonyl (C=O) groups is 1. The van der Waals surface area contributed by atoms with Gasteiger partial charge in [0.05, 0.1) is 19.3 Å². The Labute approximate surface area is 139 Å². The molecule has 0 aromatic heterocycles. The summed E-state index contributed by atoms with van der Waals surface area (Å²) in [4.78, 5) is 14.8. The summed E-state index contributed by atoms with van der Waals surface area (Å²) in [5.41, 5.74) is 1.85. The molecular weight excluding hydrogens is 290 g/mol. The molecule has 1 saturated heterocycles. The van der Waals surface area contributed by atoms with Gasteiger partial charge >= 0.3 is 0 Å². The molecule has 1 fully saturated rings. The molecule has 1 aliphatic rings. The molecule has 5 nitrogen and oxygen atoms in total.